The summed E-state index contributed by atoms with van der Waals surface area (Å²) in [5.41, 5.74) is -1.19. The lowest BCUT2D eigenvalue weighted by Gasteiger charge is -2.41. The van der Waals surface area contributed by atoms with Gasteiger partial charge in [0.15, 0.2) is 12.6 Å². The maximum Gasteiger partial charge on any atom is 0.254 e. The number of thioether (sulfide) groups is 1. The third-order valence-electron chi connectivity index (χ3n) is 10.7. The molecule has 0 saturated carbocycles. The number of ether oxygens (including phenoxy) is 4. The van der Waals surface area contributed by atoms with E-state index in [4.69, 9.17) is 18.9 Å². The van der Waals surface area contributed by atoms with Crippen molar-refractivity contribution in [1.29, 1.82) is 0 Å². The van der Waals surface area contributed by atoms with Crippen LogP contribution >= 0.6 is 24.4 Å². The molecule has 0 aromatic rings. The van der Waals surface area contributed by atoms with Crippen molar-refractivity contribution in [1.82, 2.24) is 20.4 Å². The topological polar surface area (TPSA) is 291 Å². The molecule has 13 atom stereocenters. The van der Waals surface area contributed by atoms with E-state index >= 15 is 0 Å². The van der Waals surface area contributed by atoms with E-state index < -0.39 is 113 Å². The Morgan fingerprint density at radius 2 is 1.01 bits per heavy atom. The van der Waals surface area contributed by atoms with E-state index in [0.29, 0.717) is 6.61 Å². The van der Waals surface area contributed by atoms with Crippen molar-refractivity contribution in [3.63, 3.8) is 0 Å². The van der Waals surface area contributed by atoms with Gasteiger partial charge in [0.2, 0.25) is 23.6 Å². The highest BCUT2D eigenvalue weighted by molar-refractivity contribution is 8.00. The van der Waals surface area contributed by atoms with Crippen LogP contribution in [0, 0.1) is 22.7 Å². The van der Waals surface area contributed by atoms with Crippen LogP contribution < -0.4 is 10.6 Å². The molecule has 0 aliphatic carbocycles. The van der Waals surface area contributed by atoms with Gasteiger partial charge in [-0.15, -0.1) is 11.8 Å². The molecule has 3 saturated heterocycles. The van der Waals surface area contributed by atoms with Crippen LogP contribution in [0.3, 0.4) is 0 Å². The first-order valence-electron chi connectivity index (χ1n) is 23.7. The minimum atomic E-state index is -1.48. The molecule has 4 heterocycles. The highest BCUT2D eigenvalue weighted by Gasteiger charge is 2.49. The minimum absolute atomic E-state index is 0.0689. The highest BCUT2D eigenvalue weighted by Crippen LogP contribution is 2.33. The maximum absolute atomic E-state index is 13.2. The molecule has 6 amide bonds. The molecule has 0 aromatic heterocycles. The van der Waals surface area contributed by atoms with Crippen molar-refractivity contribution in [2.45, 2.75) is 207 Å². The summed E-state index contributed by atoms with van der Waals surface area (Å²) in [6.07, 6.45) is -9.27. The fourth-order valence-corrected chi connectivity index (χ4v) is 8.84. The minimum Gasteiger partial charge on any atom is -0.388 e. The van der Waals surface area contributed by atoms with Crippen molar-refractivity contribution in [3.8, 4) is 0 Å². The van der Waals surface area contributed by atoms with E-state index in [1.54, 1.807) is 13.8 Å². The van der Waals surface area contributed by atoms with Gasteiger partial charge in [0.25, 0.3) is 11.8 Å². The number of imide groups is 2. The largest absolute Gasteiger partial charge is 0.388 e. The molecule has 4 aliphatic rings. The first-order chi connectivity index (χ1) is 31.8. The lowest BCUT2D eigenvalue weighted by molar-refractivity contribution is -0.296. The first kappa shape index (κ1) is 63.4. The number of thiol groups is 1. The predicted octanol–water partition coefficient (Wildman–Crippen LogP) is 1.29. The number of likely N-dealkylation sites (tertiary alicyclic amines) is 1. The number of amides is 6. The molecule has 4 rings (SSSR count). The summed E-state index contributed by atoms with van der Waals surface area (Å²) >= 11 is 5.14. The van der Waals surface area contributed by atoms with Crippen LogP contribution in [-0.4, -0.2) is 190 Å². The fraction of sp³-hybridized carbons (Fsp3) is 0.833. The van der Waals surface area contributed by atoms with E-state index in [-0.39, 0.29) is 59.0 Å². The molecule has 20 nitrogen and oxygen atoms in total. The molecule has 8 N–H and O–H groups in total. The average molecular weight is 1040 g/mol. The summed E-state index contributed by atoms with van der Waals surface area (Å²) in [5.74, 6) is -2.53. The van der Waals surface area contributed by atoms with Crippen LogP contribution in [0.15, 0.2) is 12.2 Å². The zero-order valence-electron chi connectivity index (χ0n) is 43.9. The molecule has 4 aliphatic heterocycles. The van der Waals surface area contributed by atoms with Crippen LogP contribution in [0.4, 0.5) is 0 Å². The van der Waals surface area contributed by atoms with E-state index in [1.165, 1.54) is 12.2 Å². The molecule has 22 heteroatoms. The number of aliphatic hydroxyl groups is 6. The highest BCUT2D eigenvalue weighted by atomic mass is 32.2. The van der Waals surface area contributed by atoms with Gasteiger partial charge in [-0.05, 0) is 64.2 Å². The lowest BCUT2D eigenvalue weighted by atomic mass is 9.97. The lowest BCUT2D eigenvalue weighted by Crippen LogP contribution is -2.59. The van der Waals surface area contributed by atoms with Crippen molar-refractivity contribution in [2.24, 2.45) is 22.7 Å². The van der Waals surface area contributed by atoms with Gasteiger partial charge in [-0.1, -0.05) is 69.2 Å². The van der Waals surface area contributed by atoms with Crippen LogP contribution in [-0.2, 0) is 47.7 Å². The number of rotatable bonds is 14. The van der Waals surface area contributed by atoms with Crippen molar-refractivity contribution < 1.29 is 78.4 Å². The number of aliphatic hydroxyl groups excluding tert-OH is 6. The third-order valence-corrected chi connectivity index (χ3v) is 12.3. The van der Waals surface area contributed by atoms with Gasteiger partial charge in [0.05, 0.1) is 30.7 Å². The van der Waals surface area contributed by atoms with Gasteiger partial charge >= 0.3 is 0 Å². The fourth-order valence-electron chi connectivity index (χ4n) is 7.33. The van der Waals surface area contributed by atoms with E-state index in [0.717, 1.165) is 21.6 Å². The first-order valence-corrected chi connectivity index (χ1v) is 25.4. The molecule has 404 valence electrons. The Morgan fingerprint density at radius 3 is 1.37 bits per heavy atom. The van der Waals surface area contributed by atoms with Gasteiger partial charge in [-0.25, -0.2) is 0 Å². The Kier molecular flexibility index (Phi) is 23.5. The number of hydrogen-bond donors (Lipinski definition) is 9. The second-order valence-electron chi connectivity index (χ2n) is 23.3. The van der Waals surface area contributed by atoms with Gasteiger partial charge in [-0.2, -0.15) is 12.6 Å². The number of nitrogens with zero attached hydrogens (tertiary/aromatic N) is 2. The SMILES string of the molecule is CC(C)(C)COC1OC(CS)C(O)C(O)C1O.CC(C)[C@@H](C(=O)NC(C)(C)C)N1C(=O)C=CC1=O.CC(C)[C@@H](C(=O)NC(C)(C)C)N1C(=O)CC(SCC2OC(OCC(C)(C)C)C(O)C(O)C2O)C1=O. The molecule has 0 aromatic carbocycles. The Labute approximate surface area is 423 Å². The summed E-state index contributed by atoms with van der Waals surface area (Å²) < 4.78 is 22.2. The van der Waals surface area contributed by atoms with E-state index in [9.17, 15) is 59.4 Å². The van der Waals surface area contributed by atoms with Crippen LogP contribution in [0.1, 0.15) is 117 Å². The Morgan fingerprint density at radius 1 is 0.643 bits per heavy atom. The maximum atomic E-state index is 13.2. The van der Waals surface area contributed by atoms with Gasteiger partial charge in [0.1, 0.15) is 48.7 Å². The Bertz CT molecular complexity index is 1790. The van der Waals surface area contributed by atoms with Gasteiger partial charge in [-0.3, -0.25) is 38.6 Å². The number of carbonyl (C=O) groups excluding carboxylic acids is 6. The zero-order valence-corrected chi connectivity index (χ0v) is 45.6. The van der Waals surface area contributed by atoms with Gasteiger partial charge in [0, 0.05) is 41.2 Å². The molecule has 0 radical (unpaired) electrons. The second kappa shape index (κ2) is 26.0. The van der Waals surface area contributed by atoms with Crippen LogP contribution in [0.2, 0.25) is 0 Å². The molecule has 70 heavy (non-hydrogen) atoms. The van der Waals surface area contributed by atoms with Gasteiger partial charge < -0.3 is 60.2 Å². The Balaban J connectivity index is 0.000000401. The van der Waals surface area contributed by atoms with Crippen molar-refractivity contribution in [3.05, 3.63) is 12.2 Å². The van der Waals surface area contributed by atoms with E-state index in [2.05, 4.69) is 23.3 Å². The number of nitrogens with one attached hydrogen (secondary N) is 2. The summed E-state index contributed by atoms with van der Waals surface area (Å²) in [6.45, 7) is 30.7. The third kappa shape index (κ3) is 18.9. The quantitative estimate of drug-likeness (QED) is 0.0875. The van der Waals surface area contributed by atoms with Crippen LogP contribution in [0.25, 0.3) is 0 Å². The summed E-state index contributed by atoms with van der Waals surface area (Å²) in [7, 11) is 0. The zero-order chi connectivity index (χ0) is 54.2. The van der Waals surface area contributed by atoms with E-state index in [1.807, 2.05) is 96.9 Å². The second-order valence-corrected chi connectivity index (χ2v) is 24.9. The van der Waals surface area contributed by atoms with Crippen molar-refractivity contribution in [2.75, 3.05) is 24.7 Å². The normalized spacial score (nSPS) is 29.7. The summed E-state index contributed by atoms with van der Waals surface area (Å²) in [4.78, 5) is 76.4. The monoisotopic (exact) mass is 1040 g/mol. The standard InChI is InChI=1S/C24H42N2O8S.C13H20N2O3.C11H22O5S/c1-12(2)16(20(31)25-24(6,7)8)26-15(27)9-14(21(26)32)35-10-13-17(28)18(29)19(30)22(34-13)33-11-23(3,4)5;1-8(2)11(12(18)14-13(3,4)5)15-9(16)6-7-10(15)17;1-11(2,3)5-15-10-9(14)8(13)7(12)6(4-17)16-10/h12-14,16-19,22,28-30H,9-11H2,1-8H3,(H,25,31);6-8,11H,1-5H3,(H,14,18);6-10,12-14,17H,4-5H2,1-3H3/t13?,14?,16-,17?,18?,19?,22?;11-;/m00./s1. The Hall–Kier alpha value is -2.74. The molecule has 3 fully saturated rings. The summed E-state index contributed by atoms with van der Waals surface area (Å²) in [6, 6.07) is -1.69. The number of carbonyl (C=O) groups is 6. The molecule has 0 spiro atoms. The molecular weight excluding hydrogens is 953 g/mol. The number of hydrogen-bond acceptors (Lipinski definition) is 18. The molecular formula is C48H84N4O16S2. The average Bonchev–Trinajstić information content (AvgIpc) is 3.67. The van der Waals surface area contributed by atoms with Crippen LogP contribution in [0.5, 0.6) is 0 Å². The molecule has 0 bridgehead atoms. The van der Waals surface area contributed by atoms with Crippen molar-refractivity contribution >= 4 is 59.8 Å². The predicted molar refractivity (Wildman–Crippen MR) is 265 cm³/mol. The summed E-state index contributed by atoms with van der Waals surface area (Å²) in [5, 5.41) is 64.9. The molecule has 11 unspecified atom stereocenters. The smallest absolute Gasteiger partial charge is 0.254 e.